The average Bonchev–Trinajstić information content (AvgIpc) is 3.09. The van der Waals surface area contributed by atoms with Crippen LogP contribution in [0.2, 0.25) is 0 Å². The highest BCUT2D eigenvalue weighted by molar-refractivity contribution is 9.09. The van der Waals surface area contributed by atoms with E-state index in [1.165, 1.54) is 19.2 Å². The Labute approximate surface area is 206 Å². The van der Waals surface area contributed by atoms with Crippen molar-refractivity contribution in [2.75, 3.05) is 12.5 Å². The van der Waals surface area contributed by atoms with Gasteiger partial charge >= 0.3 is 0 Å². The first-order valence-electron chi connectivity index (χ1n) is 10.3. The Balaban J connectivity index is 1.78. The van der Waals surface area contributed by atoms with Crippen molar-refractivity contribution in [1.29, 1.82) is 0 Å². The lowest BCUT2D eigenvalue weighted by molar-refractivity contribution is -0.140. The first-order chi connectivity index (χ1) is 15.5. The maximum Gasteiger partial charge on any atom is 0.254 e. The van der Waals surface area contributed by atoms with E-state index in [2.05, 4.69) is 15.9 Å². The van der Waals surface area contributed by atoms with Crippen molar-refractivity contribution in [1.82, 2.24) is 9.80 Å². The quantitative estimate of drug-likeness (QED) is 0.260. The van der Waals surface area contributed by atoms with Gasteiger partial charge in [-0.05, 0) is 24.8 Å². The van der Waals surface area contributed by atoms with Gasteiger partial charge in [-0.2, -0.15) is 0 Å². The summed E-state index contributed by atoms with van der Waals surface area (Å²) < 4.78 is 14.4. The van der Waals surface area contributed by atoms with Gasteiger partial charge in [-0.3, -0.25) is 29.0 Å². The molecule has 1 N–H and O–H groups in total. The van der Waals surface area contributed by atoms with Crippen LogP contribution in [0.1, 0.15) is 24.3 Å². The number of carbonyl (C=O) groups is 4. The van der Waals surface area contributed by atoms with Gasteiger partial charge in [-0.15, -0.1) is 23.2 Å². The molecule has 4 amide bonds. The number of alkyl halides is 3. The van der Waals surface area contributed by atoms with Crippen LogP contribution in [-0.2, 0) is 19.2 Å². The highest BCUT2D eigenvalue weighted by Gasteiger charge is 2.76. The number of rotatable bonds is 2. The van der Waals surface area contributed by atoms with E-state index < -0.39 is 62.7 Å². The lowest BCUT2D eigenvalue weighted by Gasteiger charge is -2.50. The van der Waals surface area contributed by atoms with Crippen molar-refractivity contribution in [2.24, 2.45) is 17.8 Å². The number of hydrogen-bond donors (Lipinski definition) is 1. The molecule has 1 saturated carbocycles. The number of carbonyl (C=O) groups excluding carboxylic acids is 4. The van der Waals surface area contributed by atoms with E-state index in [1.54, 1.807) is 6.08 Å². The van der Waals surface area contributed by atoms with Crippen LogP contribution >= 0.6 is 39.1 Å². The molecule has 0 radical (unpaired) electrons. The topological polar surface area (TPSA) is 95.0 Å². The number of halogens is 4. The molecule has 5 rings (SSSR count). The summed E-state index contributed by atoms with van der Waals surface area (Å²) in [6.45, 7) is 0. The van der Waals surface area contributed by atoms with Crippen molar-refractivity contribution >= 4 is 62.8 Å². The van der Waals surface area contributed by atoms with Crippen molar-refractivity contribution < 1.29 is 28.7 Å². The largest absolute Gasteiger partial charge is 0.505 e. The second kappa shape index (κ2) is 7.26. The molecule has 7 nitrogen and oxygen atoms in total. The Morgan fingerprint density at radius 3 is 2.52 bits per heavy atom. The van der Waals surface area contributed by atoms with Gasteiger partial charge in [0.2, 0.25) is 11.8 Å². The summed E-state index contributed by atoms with van der Waals surface area (Å²) in [7, 11) is 1.40. The number of benzene rings is 1. The number of nitrogens with zero attached hydrogens (tertiary/aromatic N) is 2. The van der Waals surface area contributed by atoms with Gasteiger partial charge in [-0.1, -0.05) is 39.7 Å². The molecule has 174 valence electrons. The molecule has 2 aliphatic heterocycles. The standard InChI is InChI=1S/C22H18BrCl2FN2O5/c1-27-17(30)10-6-5-9-12(14(10)18(27)31)7-21(24)19(32)28(8-23)20(33)22(21,25)15(9)11-3-2-4-13(26)16(11)29/h2-5,10,12,14-15,29H,6-8H2,1H3. The molecule has 2 aliphatic carbocycles. The van der Waals surface area contributed by atoms with Gasteiger partial charge in [0, 0.05) is 18.5 Å². The van der Waals surface area contributed by atoms with Crippen LogP contribution < -0.4 is 0 Å². The third-order valence-electron chi connectivity index (χ3n) is 7.56. The van der Waals surface area contributed by atoms with Crippen LogP contribution in [-0.4, -0.2) is 60.8 Å². The SMILES string of the molecule is CN1C(=O)C2CC=C3C(CC4(Cl)C(=O)N(CBr)C(=O)C4(Cl)C3c3cccc(F)c3O)C2C1=O. The Morgan fingerprint density at radius 2 is 1.85 bits per heavy atom. The summed E-state index contributed by atoms with van der Waals surface area (Å²) in [6, 6.07) is 3.83. The van der Waals surface area contributed by atoms with Crippen molar-refractivity contribution in [2.45, 2.75) is 28.5 Å². The highest BCUT2D eigenvalue weighted by Crippen LogP contribution is 2.66. The molecule has 33 heavy (non-hydrogen) atoms. The second-order valence-corrected chi connectivity index (χ2v) is 10.6. The summed E-state index contributed by atoms with van der Waals surface area (Å²) in [4.78, 5) is 50.4. The molecule has 1 aromatic carbocycles. The number of phenolic OH excluding ortho intramolecular Hbond substituents is 1. The normalized spacial score (nSPS) is 37.8. The van der Waals surface area contributed by atoms with Gasteiger partial charge in [0.25, 0.3) is 11.8 Å². The van der Waals surface area contributed by atoms with E-state index in [1.807, 2.05) is 0 Å². The van der Waals surface area contributed by atoms with Crippen LogP contribution in [0.15, 0.2) is 29.8 Å². The van der Waals surface area contributed by atoms with E-state index in [0.717, 1.165) is 15.9 Å². The van der Waals surface area contributed by atoms with Gasteiger partial charge in [0.05, 0.1) is 17.3 Å². The zero-order valence-electron chi connectivity index (χ0n) is 17.2. The summed E-state index contributed by atoms with van der Waals surface area (Å²) in [6.07, 6.45) is 1.78. The number of hydrogen-bond acceptors (Lipinski definition) is 5. The minimum atomic E-state index is -2.07. The van der Waals surface area contributed by atoms with Crippen molar-refractivity contribution in [3.05, 3.63) is 41.2 Å². The maximum absolute atomic E-state index is 14.4. The molecule has 0 spiro atoms. The van der Waals surface area contributed by atoms with Crippen LogP contribution in [0.4, 0.5) is 4.39 Å². The Bertz CT molecular complexity index is 1180. The third kappa shape index (κ3) is 2.61. The summed E-state index contributed by atoms with van der Waals surface area (Å²) in [5.41, 5.74) is 0.329. The number of aromatic hydroxyl groups is 1. The minimum Gasteiger partial charge on any atom is -0.505 e. The number of allylic oxidation sites excluding steroid dienone is 2. The number of imide groups is 2. The molecule has 4 aliphatic rings. The first-order valence-corrected chi connectivity index (χ1v) is 12.2. The van der Waals surface area contributed by atoms with Crippen molar-refractivity contribution in [3.63, 3.8) is 0 Å². The Morgan fingerprint density at radius 1 is 1.15 bits per heavy atom. The molecule has 11 heteroatoms. The zero-order chi connectivity index (χ0) is 24.0. The van der Waals surface area contributed by atoms with Gasteiger partial charge in [-0.25, -0.2) is 4.39 Å². The zero-order valence-corrected chi connectivity index (χ0v) is 20.3. The Kier molecular flexibility index (Phi) is 5.02. The van der Waals surface area contributed by atoms with Crippen LogP contribution in [0.25, 0.3) is 0 Å². The van der Waals surface area contributed by atoms with E-state index in [4.69, 9.17) is 23.2 Å². The fraction of sp³-hybridized carbons (Fsp3) is 0.455. The Hall–Kier alpha value is -1.97. The second-order valence-electron chi connectivity index (χ2n) is 8.90. The van der Waals surface area contributed by atoms with Gasteiger partial charge < -0.3 is 5.11 Å². The smallest absolute Gasteiger partial charge is 0.254 e. The lowest BCUT2D eigenvalue weighted by atomic mass is 9.56. The molecule has 2 heterocycles. The van der Waals surface area contributed by atoms with E-state index in [-0.39, 0.29) is 29.8 Å². The monoisotopic (exact) mass is 558 g/mol. The molecular weight excluding hydrogens is 542 g/mol. The predicted molar refractivity (Wildman–Crippen MR) is 119 cm³/mol. The summed E-state index contributed by atoms with van der Waals surface area (Å²) >= 11 is 17.1. The number of fused-ring (bicyclic) bond motifs is 4. The molecule has 6 atom stereocenters. The lowest BCUT2D eigenvalue weighted by Crippen LogP contribution is -2.60. The molecule has 0 bridgehead atoms. The third-order valence-corrected chi connectivity index (χ3v) is 9.48. The van der Waals surface area contributed by atoms with Crippen LogP contribution in [0.3, 0.4) is 0 Å². The fourth-order valence-electron chi connectivity index (χ4n) is 6.02. The van der Waals surface area contributed by atoms with E-state index in [0.29, 0.717) is 5.57 Å². The number of amides is 4. The molecule has 0 aromatic heterocycles. The molecule has 2 saturated heterocycles. The van der Waals surface area contributed by atoms with Gasteiger partial charge in [0.1, 0.15) is 0 Å². The number of para-hydroxylation sites is 1. The van der Waals surface area contributed by atoms with Crippen molar-refractivity contribution in [3.8, 4) is 5.75 Å². The summed E-state index contributed by atoms with van der Waals surface area (Å²) in [5, 5.41) is 10.6. The maximum atomic E-state index is 14.4. The van der Waals surface area contributed by atoms with Crippen LogP contribution in [0, 0.1) is 23.6 Å². The van der Waals surface area contributed by atoms with Gasteiger partial charge in [0.15, 0.2) is 21.3 Å². The molecule has 1 aromatic rings. The fourth-order valence-corrected chi connectivity index (χ4v) is 7.44. The van der Waals surface area contributed by atoms with Crippen LogP contribution in [0.5, 0.6) is 5.75 Å². The van der Waals surface area contributed by atoms with E-state index in [9.17, 15) is 28.7 Å². The molecule has 3 fully saturated rings. The average molecular weight is 560 g/mol. The van der Waals surface area contributed by atoms with E-state index >= 15 is 0 Å². The first kappa shape index (κ1) is 22.8. The number of likely N-dealkylation sites (tertiary alicyclic amines) is 2. The molecule has 6 unspecified atom stereocenters. The minimum absolute atomic E-state index is 0.00729. The highest BCUT2D eigenvalue weighted by atomic mass is 79.9. The summed E-state index contributed by atoms with van der Waals surface area (Å²) in [5.74, 6) is -7.20. The molecular formula is C22H18BrCl2FN2O5. The predicted octanol–water partition coefficient (Wildman–Crippen LogP) is 2.87. The number of phenols is 1.